The number of amides is 1. The van der Waals surface area contributed by atoms with Gasteiger partial charge in [-0.15, -0.1) is 22.7 Å². The Morgan fingerprint density at radius 1 is 1.07 bits per heavy atom. The highest BCUT2D eigenvalue weighted by Crippen LogP contribution is 2.34. The number of anilines is 1. The molecule has 4 aromatic heterocycles. The Balaban J connectivity index is 1.58. The van der Waals surface area contributed by atoms with Crippen LogP contribution in [0, 0.1) is 20.8 Å². The predicted octanol–water partition coefficient (Wildman–Crippen LogP) is 4.63. The quantitative estimate of drug-likeness (QED) is 0.547. The van der Waals surface area contributed by atoms with Gasteiger partial charge in [-0.25, -0.2) is 9.67 Å². The SMILES string of the molecule is Cc1ccc(-c2nc(NC(=O)c3cnn(-c4ccncc4)c3C)sc2C)s1. The largest absolute Gasteiger partial charge is 0.298 e. The lowest BCUT2D eigenvalue weighted by Crippen LogP contribution is -2.13. The van der Waals surface area contributed by atoms with Crippen LogP contribution in [0.25, 0.3) is 16.3 Å². The minimum Gasteiger partial charge on any atom is -0.298 e. The molecule has 0 saturated heterocycles. The molecule has 0 aliphatic heterocycles. The average Bonchev–Trinajstić information content (AvgIpc) is 3.34. The number of thiophene rings is 1. The van der Waals surface area contributed by atoms with Crippen molar-refractivity contribution in [3.63, 3.8) is 0 Å². The van der Waals surface area contributed by atoms with Gasteiger partial charge in [0.05, 0.1) is 33.7 Å². The maximum absolute atomic E-state index is 12.7. The van der Waals surface area contributed by atoms with Gasteiger partial charge in [-0.2, -0.15) is 5.10 Å². The van der Waals surface area contributed by atoms with Crippen LogP contribution in [0.4, 0.5) is 5.13 Å². The van der Waals surface area contributed by atoms with Crippen LogP contribution in [0.3, 0.4) is 0 Å². The first-order valence-electron chi connectivity index (χ1n) is 8.33. The Morgan fingerprint density at radius 2 is 1.85 bits per heavy atom. The van der Waals surface area contributed by atoms with Crippen molar-refractivity contribution in [1.29, 1.82) is 0 Å². The molecule has 6 nitrogen and oxygen atoms in total. The van der Waals surface area contributed by atoms with E-state index in [4.69, 9.17) is 0 Å². The van der Waals surface area contributed by atoms with E-state index in [-0.39, 0.29) is 5.91 Å². The van der Waals surface area contributed by atoms with Crippen molar-refractivity contribution < 1.29 is 4.79 Å². The van der Waals surface area contributed by atoms with Crippen molar-refractivity contribution in [1.82, 2.24) is 19.7 Å². The predicted molar refractivity (Wildman–Crippen MR) is 109 cm³/mol. The van der Waals surface area contributed by atoms with Crippen LogP contribution in [0.1, 0.15) is 25.8 Å². The first-order valence-corrected chi connectivity index (χ1v) is 9.97. The van der Waals surface area contributed by atoms with Gasteiger partial charge < -0.3 is 0 Å². The van der Waals surface area contributed by atoms with Gasteiger partial charge >= 0.3 is 0 Å². The molecular weight excluding hydrogens is 378 g/mol. The molecule has 4 rings (SSSR count). The Kier molecular flexibility index (Phi) is 4.59. The molecule has 4 heterocycles. The summed E-state index contributed by atoms with van der Waals surface area (Å²) in [7, 11) is 0. The molecule has 0 spiro atoms. The van der Waals surface area contributed by atoms with Crippen LogP contribution < -0.4 is 5.32 Å². The van der Waals surface area contributed by atoms with Crippen LogP contribution in [0.15, 0.2) is 42.9 Å². The van der Waals surface area contributed by atoms with Crippen molar-refractivity contribution in [2.75, 3.05) is 5.32 Å². The van der Waals surface area contributed by atoms with Crippen LogP contribution >= 0.6 is 22.7 Å². The molecule has 0 unspecified atom stereocenters. The summed E-state index contributed by atoms with van der Waals surface area (Å²) in [6.07, 6.45) is 4.97. The van der Waals surface area contributed by atoms with Crippen molar-refractivity contribution in [3.8, 4) is 16.3 Å². The van der Waals surface area contributed by atoms with Crippen LogP contribution in [-0.4, -0.2) is 25.7 Å². The number of nitrogens with one attached hydrogen (secondary N) is 1. The fourth-order valence-corrected chi connectivity index (χ4v) is 4.58. The number of aryl methyl sites for hydroxylation is 2. The molecule has 27 heavy (non-hydrogen) atoms. The number of rotatable bonds is 4. The van der Waals surface area contributed by atoms with E-state index in [9.17, 15) is 4.79 Å². The van der Waals surface area contributed by atoms with E-state index < -0.39 is 0 Å². The second-order valence-corrected chi connectivity index (χ2v) is 8.54. The maximum Gasteiger partial charge on any atom is 0.260 e. The highest BCUT2D eigenvalue weighted by Gasteiger charge is 2.18. The Bertz CT molecular complexity index is 1110. The number of carbonyl (C=O) groups excluding carboxylic acids is 1. The fourth-order valence-electron chi connectivity index (χ4n) is 2.78. The lowest BCUT2D eigenvalue weighted by Gasteiger charge is -2.05. The van der Waals surface area contributed by atoms with Gasteiger partial charge in [0, 0.05) is 22.1 Å². The molecule has 0 saturated carbocycles. The molecule has 136 valence electrons. The Morgan fingerprint density at radius 3 is 2.56 bits per heavy atom. The summed E-state index contributed by atoms with van der Waals surface area (Å²) < 4.78 is 1.73. The number of hydrogen-bond donors (Lipinski definition) is 1. The van der Waals surface area contributed by atoms with Gasteiger partial charge in [0.1, 0.15) is 0 Å². The molecule has 0 radical (unpaired) electrons. The van der Waals surface area contributed by atoms with E-state index in [0.717, 1.165) is 26.8 Å². The third kappa shape index (κ3) is 3.41. The van der Waals surface area contributed by atoms with Gasteiger partial charge in [-0.1, -0.05) is 0 Å². The van der Waals surface area contributed by atoms with Crippen molar-refractivity contribution in [3.05, 3.63) is 63.9 Å². The summed E-state index contributed by atoms with van der Waals surface area (Å²) in [5.74, 6) is -0.213. The lowest BCUT2D eigenvalue weighted by atomic mass is 10.2. The molecule has 0 atom stereocenters. The first-order chi connectivity index (χ1) is 13.0. The summed E-state index contributed by atoms with van der Waals surface area (Å²) in [6.45, 7) is 5.96. The molecule has 0 aromatic carbocycles. The van der Waals surface area contributed by atoms with Gasteiger partial charge in [-0.05, 0) is 45.0 Å². The highest BCUT2D eigenvalue weighted by atomic mass is 32.1. The molecule has 0 fully saturated rings. The zero-order chi connectivity index (χ0) is 19.0. The maximum atomic E-state index is 12.7. The normalized spacial score (nSPS) is 10.9. The number of hydrogen-bond acceptors (Lipinski definition) is 6. The van der Waals surface area contributed by atoms with Gasteiger partial charge in [0.25, 0.3) is 5.91 Å². The summed E-state index contributed by atoms with van der Waals surface area (Å²) in [5.41, 5.74) is 3.08. The number of nitrogens with zero attached hydrogens (tertiary/aromatic N) is 4. The fraction of sp³-hybridized carbons (Fsp3) is 0.158. The molecule has 4 aromatic rings. The average molecular weight is 396 g/mol. The molecule has 0 bridgehead atoms. The summed E-state index contributed by atoms with van der Waals surface area (Å²) in [6, 6.07) is 7.84. The zero-order valence-electron chi connectivity index (χ0n) is 15.1. The van der Waals surface area contributed by atoms with E-state index in [1.807, 2.05) is 26.0 Å². The molecule has 8 heteroatoms. The van der Waals surface area contributed by atoms with Crippen LogP contribution in [-0.2, 0) is 0 Å². The van der Waals surface area contributed by atoms with E-state index in [1.165, 1.54) is 16.2 Å². The van der Waals surface area contributed by atoms with Crippen molar-refractivity contribution in [2.45, 2.75) is 20.8 Å². The second kappa shape index (κ2) is 7.05. The van der Waals surface area contributed by atoms with Gasteiger partial charge in [-0.3, -0.25) is 15.1 Å². The summed E-state index contributed by atoms with van der Waals surface area (Å²) >= 11 is 3.18. The van der Waals surface area contributed by atoms with Crippen molar-refractivity contribution >= 4 is 33.7 Å². The third-order valence-electron chi connectivity index (χ3n) is 4.15. The number of carbonyl (C=O) groups is 1. The van der Waals surface area contributed by atoms with Crippen LogP contribution in [0.5, 0.6) is 0 Å². The highest BCUT2D eigenvalue weighted by molar-refractivity contribution is 7.18. The van der Waals surface area contributed by atoms with Gasteiger partial charge in [0.2, 0.25) is 0 Å². The smallest absolute Gasteiger partial charge is 0.260 e. The monoisotopic (exact) mass is 395 g/mol. The molecule has 1 N–H and O–H groups in total. The molecule has 1 amide bonds. The molecule has 0 aliphatic carbocycles. The van der Waals surface area contributed by atoms with Crippen LogP contribution in [0.2, 0.25) is 0 Å². The van der Waals surface area contributed by atoms with Crippen molar-refractivity contribution in [2.24, 2.45) is 0 Å². The van der Waals surface area contributed by atoms with E-state index in [2.05, 4.69) is 39.4 Å². The Labute approximate surface area is 164 Å². The molecule has 0 aliphatic rings. The summed E-state index contributed by atoms with van der Waals surface area (Å²) in [5, 5.41) is 7.84. The topological polar surface area (TPSA) is 72.7 Å². The first kappa shape index (κ1) is 17.6. The minimum atomic E-state index is -0.213. The molecular formula is C19H17N5OS2. The van der Waals surface area contributed by atoms with Gasteiger partial charge in [0.15, 0.2) is 5.13 Å². The minimum absolute atomic E-state index is 0.213. The van der Waals surface area contributed by atoms with E-state index >= 15 is 0 Å². The van der Waals surface area contributed by atoms with E-state index in [0.29, 0.717) is 10.7 Å². The second-order valence-electron chi connectivity index (χ2n) is 6.05. The zero-order valence-corrected chi connectivity index (χ0v) is 16.7. The lowest BCUT2D eigenvalue weighted by molar-refractivity contribution is 0.102. The number of pyridine rings is 1. The number of aromatic nitrogens is 4. The van der Waals surface area contributed by atoms with E-state index in [1.54, 1.807) is 34.6 Å². The standard InChI is InChI=1S/C19H17N5OS2/c1-11-4-5-16(26-11)17-13(3)27-19(22-17)23-18(25)15-10-21-24(12(15)2)14-6-8-20-9-7-14/h4-10H,1-3H3,(H,22,23,25). The third-order valence-corrected chi connectivity index (χ3v) is 6.05. The number of thiazole rings is 1. The Hall–Kier alpha value is -2.84. The summed E-state index contributed by atoms with van der Waals surface area (Å²) in [4.78, 5) is 24.8.